The molecule has 1 rings (SSSR count). The number of amides is 1. The van der Waals surface area contributed by atoms with E-state index in [4.69, 9.17) is 0 Å². The first-order chi connectivity index (χ1) is 8.81. The van der Waals surface area contributed by atoms with Crippen molar-refractivity contribution in [2.24, 2.45) is 0 Å². The first-order valence-corrected chi connectivity index (χ1v) is 5.75. The Morgan fingerprint density at radius 2 is 2.05 bits per heavy atom. The summed E-state index contributed by atoms with van der Waals surface area (Å²) in [4.78, 5) is 19.4. The molecule has 1 atom stereocenters. The van der Waals surface area contributed by atoms with E-state index in [2.05, 4.69) is 20.6 Å². The molecule has 1 heterocycles. The van der Waals surface area contributed by atoms with Crippen LogP contribution in [0.25, 0.3) is 0 Å². The molecule has 0 fully saturated rings. The van der Waals surface area contributed by atoms with Gasteiger partial charge in [-0.05, 0) is 13.8 Å². The zero-order chi connectivity index (χ0) is 14.5. The van der Waals surface area contributed by atoms with Crippen LogP contribution < -0.4 is 10.6 Å². The maximum absolute atomic E-state index is 12.1. The van der Waals surface area contributed by atoms with Gasteiger partial charge in [-0.3, -0.25) is 4.79 Å². The molecule has 2 N–H and O–H groups in total. The minimum absolute atomic E-state index is 0.0179. The summed E-state index contributed by atoms with van der Waals surface area (Å²) < 4.78 is 36.3. The van der Waals surface area contributed by atoms with Gasteiger partial charge in [0.2, 0.25) is 0 Å². The van der Waals surface area contributed by atoms with Crippen molar-refractivity contribution in [1.29, 1.82) is 0 Å². The van der Waals surface area contributed by atoms with Gasteiger partial charge in [0, 0.05) is 12.6 Å². The second-order valence-corrected chi connectivity index (χ2v) is 4.01. The maximum atomic E-state index is 12.1. The highest BCUT2D eigenvalue weighted by Gasteiger charge is 2.30. The Hall–Kier alpha value is -1.86. The Balaban J connectivity index is 2.58. The third-order valence-electron chi connectivity index (χ3n) is 2.16. The number of rotatable bonds is 5. The van der Waals surface area contributed by atoms with Crippen molar-refractivity contribution in [3.05, 3.63) is 18.1 Å². The van der Waals surface area contributed by atoms with Crippen LogP contribution in [0.15, 0.2) is 12.4 Å². The van der Waals surface area contributed by atoms with E-state index in [-0.39, 0.29) is 5.69 Å². The molecule has 0 aliphatic rings. The molecule has 0 aromatic carbocycles. The number of carbonyl (C=O) groups is 1. The molecule has 0 aliphatic heterocycles. The molecular weight excluding hydrogens is 261 g/mol. The number of alkyl halides is 3. The zero-order valence-electron chi connectivity index (χ0n) is 10.6. The number of hydrogen-bond donors (Lipinski definition) is 2. The Bertz CT molecular complexity index is 419. The Kier molecular flexibility index (Phi) is 5.08. The van der Waals surface area contributed by atoms with Crippen molar-refractivity contribution in [3.63, 3.8) is 0 Å². The Labute approximate surface area is 108 Å². The molecule has 8 heteroatoms. The largest absolute Gasteiger partial charge is 0.391 e. The lowest BCUT2D eigenvalue weighted by Crippen LogP contribution is -2.36. The van der Waals surface area contributed by atoms with Crippen molar-refractivity contribution in [2.75, 3.05) is 11.9 Å². The highest BCUT2D eigenvalue weighted by atomic mass is 19.4. The van der Waals surface area contributed by atoms with Crippen LogP contribution in [-0.4, -0.2) is 34.6 Å². The number of halogens is 3. The van der Waals surface area contributed by atoms with Crippen LogP contribution in [0, 0.1) is 0 Å². The fraction of sp³-hybridized carbons (Fsp3) is 0.545. The van der Waals surface area contributed by atoms with Crippen LogP contribution in [0.5, 0.6) is 0 Å². The smallest absolute Gasteiger partial charge is 0.369 e. The lowest BCUT2D eigenvalue weighted by molar-refractivity contribution is -0.138. The molecule has 1 amide bonds. The zero-order valence-corrected chi connectivity index (χ0v) is 10.6. The van der Waals surface area contributed by atoms with Gasteiger partial charge in [0.05, 0.1) is 18.8 Å². The molecule has 5 nitrogen and oxygen atoms in total. The van der Waals surface area contributed by atoms with E-state index >= 15 is 0 Å². The summed E-state index contributed by atoms with van der Waals surface area (Å²) in [5.74, 6) is -0.172. The summed E-state index contributed by atoms with van der Waals surface area (Å²) in [6.45, 7) is 3.82. The van der Waals surface area contributed by atoms with E-state index in [1.807, 2.05) is 6.92 Å². The van der Waals surface area contributed by atoms with E-state index in [0.29, 0.717) is 12.4 Å². The molecule has 1 unspecified atom stereocenters. The third-order valence-corrected chi connectivity index (χ3v) is 2.16. The molecule has 1 aromatic rings. The van der Waals surface area contributed by atoms with Crippen LogP contribution in [0.3, 0.4) is 0 Å². The van der Waals surface area contributed by atoms with Crippen LogP contribution in [0.4, 0.5) is 19.0 Å². The van der Waals surface area contributed by atoms with Crippen molar-refractivity contribution in [1.82, 2.24) is 15.3 Å². The average Bonchev–Trinajstić information content (AvgIpc) is 2.27. The van der Waals surface area contributed by atoms with Crippen LogP contribution in [0.1, 0.15) is 30.8 Å². The first kappa shape index (κ1) is 15.2. The lowest BCUT2D eigenvalue weighted by atomic mass is 10.2. The number of anilines is 1. The number of nitrogens with one attached hydrogen (secondary N) is 2. The molecule has 0 spiro atoms. The SMILES string of the molecule is CCNc1cnc(C(=O)NC(C)CC(F)(F)F)cn1. The first-order valence-electron chi connectivity index (χ1n) is 5.75. The molecule has 0 aliphatic carbocycles. The summed E-state index contributed by atoms with van der Waals surface area (Å²) in [6, 6.07) is -1.01. The summed E-state index contributed by atoms with van der Waals surface area (Å²) in [5.41, 5.74) is -0.0179. The van der Waals surface area contributed by atoms with Gasteiger partial charge >= 0.3 is 6.18 Å². The van der Waals surface area contributed by atoms with Crippen LogP contribution in [-0.2, 0) is 0 Å². The summed E-state index contributed by atoms with van der Waals surface area (Å²) in [7, 11) is 0. The van der Waals surface area contributed by atoms with Crippen molar-refractivity contribution in [3.8, 4) is 0 Å². The highest BCUT2D eigenvalue weighted by Crippen LogP contribution is 2.21. The van der Waals surface area contributed by atoms with E-state index in [0.717, 1.165) is 0 Å². The third kappa shape index (κ3) is 5.54. The molecule has 0 radical (unpaired) electrons. The average molecular weight is 276 g/mol. The molecule has 0 saturated carbocycles. The van der Waals surface area contributed by atoms with E-state index < -0.39 is 24.5 Å². The van der Waals surface area contributed by atoms with E-state index in [1.165, 1.54) is 19.3 Å². The predicted molar refractivity (Wildman–Crippen MR) is 63.8 cm³/mol. The summed E-state index contributed by atoms with van der Waals surface area (Å²) in [6.07, 6.45) is -2.82. The van der Waals surface area contributed by atoms with Gasteiger partial charge in [0.25, 0.3) is 5.91 Å². The molecule has 0 bridgehead atoms. The fourth-order valence-electron chi connectivity index (χ4n) is 1.41. The minimum Gasteiger partial charge on any atom is -0.369 e. The number of aromatic nitrogens is 2. The van der Waals surface area contributed by atoms with Gasteiger partial charge in [0.15, 0.2) is 0 Å². The molecule has 106 valence electrons. The second-order valence-electron chi connectivity index (χ2n) is 4.01. The van der Waals surface area contributed by atoms with Gasteiger partial charge in [-0.2, -0.15) is 13.2 Å². The normalized spacial score (nSPS) is 12.9. The number of hydrogen-bond acceptors (Lipinski definition) is 4. The monoisotopic (exact) mass is 276 g/mol. The van der Waals surface area contributed by atoms with Crippen molar-refractivity contribution in [2.45, 2.75) is 32.5 Å². The van der Waals surface area contributed by atoms with Crippen LogP contribution in [0.2, 0.25) is 0 Å². The van der Waals surface area contributed by atoms with Gasteiger partial charge in [0.1, 0.15) is 11.5 Å². The minimum atomic E-state index is -4.31. The standard InChI is InChI=1S/C11H15F3N4O/c1-3-15-9-6-16-8(5-17-9)10(19)18-7(2)4-11(12,13)14/h5-7H,3-4H2,1-2H3,(H,15,17)(H,18,19). The quantitative estimate of drug-likeness (QED) is 0.863. The Morgan fingerprint density at radius 1 is 1.37 bits per heavy atom. The van der Waals surface area contributed by atoms with Gasteiger partial charge in [-0.1, -0.05) is 0 Å². The maximum Gasteiger partial charge on any atom is 0.391 e. The van der Waals surface area contributed by atoms with Crippen molar-refractivity contribution >= 4 is 11.7 Å². The Morgan fingerprint density at radius 3 is 2.53 bits per heavy atom. The fourth-order valence-corrected chi connectivity index (χ4v) is 1.41. The topological polar surface area (TPSA) is 66.9 Å². The van der Waals surface area contributed by atoms with Gasteiger partial charge in [-0.25, -0.2) is 9.97 Å². The predicted octanol–water partition coefficient (Wildman–Crippen LogP) is 1.98. The van der Waals surface area contributed by atoms with Gasteiger partial charge < -0.3 is 10.6 Å². The van der Waals surface area contributed by atoms with E-state index in [1.54, 1.807) is 0 Å². The molecular formula is C11H15F3N4O. The molecule has 19 heavy (non-hydrogen) atoms. The van der Waals surface area contributed by atoms with Crippen molar-refractivity contribution < 1.29 is 18.0 Å². The second kappa shape index (κ2) is 6.35. The highest BCUT2D eigenvalue weighted by molar-refractivity contribution is 5.92. The van der Waals surface area contributed by atoms with Gasteiger partial charge in [-0.15, -0.1) is 0 Å². The molecule has 0 saturated heterocycles. The summed E-state index contributed by atoms with van der Waals surface area (Å²) >= 11 is 0. The van der Waals surface area contributed by atoms with Crippen LogP contribution >= 0.6 is 0 Å². The lowest BCUT2D eigenvalue weighted by Gasteiger charge is -2.15. The van der Waals surface area contributed by atoms with E-state index in [9.17, 15) is 18.0 Å². The number of carbonyl (C=O) groups excluding carboxylic acids is 1. The summed E-state index contributed by atoms with van der Waals surface area (Å²) in [5, 5.41) is 5.11. The molecule has 1 aromatic heterocycles. The number of nitrogens with zero attached hydrogens (tertiary/aromatic N) is 2.